The van der Waals surface area contributed by atoms with Gasteiger partial charge in [-0.15, -0.1) is 0 Å². The Hall–Kier alpha value is -2.07. The topological polar surface area (TPSA) is 80.7 Å². The minimum Gasteiger partial charge on any atom is -0.507 e. The number of methoxy groups -OCH3 is 1. The zero-order valence-corrected chi connectivity index (χ0v) is 16.0. The van der Waals surface area contributed by atoms with Crippen molar-refractivity contribution >= 4 is 34.8 Å². The molecule has 0 spiro atoms. The number of carbonyl (C=O) groups excluding carboxylic acids is 1. The van der Waals surface area contributed by atoms with Gasteiger partial charge in [0.25, 0.3) is 5.91 Å². The van der Waals surface area contributed by atoms with Crippen LogP contribution in [0, 0.1) is 0 Å². The van der Waals surface area contributed by atoms with Gasteiger partial charge in [-0.2, -0.15) is 13.2 Å². The minimum atomic E-state index is -4.67. The number of rotatable bonds is 7. The summed E-state index contributed by atoms with van der Waals surface area (Å²) < 4.78 is 48.1. The zero-order chi connectivity index (χ0) is 20.9. The molecule has 0 fully saturated rings. The maximum Gasteiger partial charge on any atom is 0.433 e. The number of aromatic nitrogens is 1. The summed E-state index contributed by atoms with van der Waals surface area (Å²) in [6.45, 7) is 0.573. The van der Waals surface area contributed by atoms with E-state index in [1.54, 1.807) is 0 Å². The van der Waals surface area contributed by atoms with Crippen molar-refractivity contribution in [2.24, 2.45) is 0 Å². The molecule has 2 aromatic rings. The molecule has 0 atom stereocenters. The van der Waals surface area contributed by atoms with Gasteiger partial charge in [0.05, 0.1) is 31.1 Å². The highest BCUT2D eigenvalue weighted by molar-refractivity contribution is 6.33. The predicted molar refractivity (Wildman–Crippen MR) is 96.9 cm³/mol. The highest BCUT2D eigenvalue weighted by Gasteiger charge is 2.33. The van der Waals surface area contributed by atoms with E-state index in [1.807, 2.05) is 0 Å². The van der Waals surface area contributed by atoms with Crippen molar-refractivity contribution in [3.05, 3.63) is 51.3 Å². The molecule has 0 unspecified atom stereocenters. The van der Waals surface area contributed by atoms with E-state index in [4.69, 9.17) is 32.7 Å². The minimum absolute atomic E-state index is 0.0291. The third-order valence-electron chi connectivity index (χ3n) is 3.47. The molecule has 0 saturated carbocycles. The van der Waals surface area contributed by atoms with E-state index in [2.05, 4.69) is 10.3 Å². The van der Waals surface area contributed by atoms with Gasteiger partial charge in [-0.25, -0.2) is 4.98 Å². The molecule has 11 heteroatoms. The second-order valence-electron chi connectivity index (χ2n) is 5.49. The van der Waals surface area contributed by atoms with E-state index < -0.39 is 22.9 Å². The number of amides is 1. The smallest absolute Gasteiger partial charge is 0.433 e. The Morgan fingerprint density at radius 2 is 1.96 bits per heavy atom. The molecule has 1 amide bonds. The molecule has 1 aromatic carbocycles. The molecular weight excluding hydrogens is 424 g/mol. The van der Waals surface area contributed by atoms with Gasteiger partial charge in [0, 0.05) is 17.7 Å². The molecule has 6 nitrogen and oxygen atoms in total. The number of phenolic OH excluding ortho intramolecular Hbond substituents is 1. The van der Waals surface area contributed by atoms with Gasteiger partial charge < -0.3 is 19.9 Å². The Labute approximate surface area is 168 Å². The lowest BCUT2D eigenvalue weighted by Crippen LogP contribution is -2.15. The largest absolute Gasteiger partial charge is 0.507 e. The molecule has 0 aliphatic rings. The van der Waals surface area contributed by atoms with Crippen molar-refractivity contribution in [2.45, 2.75) is 12.8 Å². The maximum absolute atomic E-state index is 12.6. The molecule has 0 aliphatic heterocycles. The molecule has 0 aliphatic carbocycles. The first kappa shape index (κ1) is 22.2. The van der Waals surface area contributed by atoms with Crippen LogP contribution in [0.15, 0.2) is 24.3 Å². The second kappa shape index (κ2) is 9.42. The number of halogens is 5. The fourth-order valence-corrected chi connectivity index (χ4v) is 2.58. The number of aromatic hydroxyl groups is 1. The van der Waals surface area contributed by atoms with E-state index in [1.165, 1.54) is 19.2 Å². The van der Waals surface area contributed by atoms with Crippen LogP contribution in [-0.2, 0) is 22.3 Å². The Balaban J connectivity index is 2.21. The van der Waals surface area contributed by atoms with Crippen LogP contribution in [0.25, 0.3) is 0 Å². The average Bonchev–Trinajstić information content (AvgIpc) is 2.61. The molecule has 0 saturated heterocycles. The van der Waals surface area contributed by atoms with E-state index >= 15 is 0 Å². The molecular formula is C17H15Cl2F3N2O4. The van der Waals surface area contributed by atoms with Crippen molar-refractivity contribution in [1.82, 2.24) is 4.98 Å². The fourth-order valence-electron chi connectivity index (χ4n) is 2.14. The highest BCUT2D eigenvalue weighted by Crippen LogP contribution is 2.32. The Kier molecular flexibility index (Phi) is 7.48. The first-order valence-electron chi connectivity index (χ1n) is 7.76. The van der Waals surface area contributed by atoms with Gasteiger partial charge in [0.2, 0.25) is 0 Å². The second-order valence-corrected chi connectivity index (χ2v) is 6.29. The SMILES string of the molecule is COCCOCc1cc(Cl)cc(C(=O)Nc2ccc(C(F)(F)F)nc2Cl)c1O. The lowest BCUT2D eigenvalue weighted by atomic mass is 10.1. The van der Waals surface area contributed by atoms with Gasteiger partial charge in [-0.05, 0) is 24.3 Å². The predicted octanol–water partition coefficient (Wildman–Crippen LogP) is 4.53. The molecule has 0 bridgehead atoms. The van der Waals surface area contributed by atoms with Crippen LogP contribution >= 0.6 is 23.2 Å². The van der Waals surface area contributed by atoms with Gasteiger partial charge in [0.15, 0.2) is 5.15 Å². The highest BCUT2D eigenvalue weighted by atomic mass is 35.5. The summed E-state index contributed by atoms with van der Waals surface area (Å²) in [5.74, 6) is -1.21. The van der Waals surface area contributed by atoms with Crippen LogP contribution in [0.3, 0.4) is 0 Å². The van der Waals surface area contributed by atoms with Crippen LogP contribution in [-0.4, -0.2) is 36.3 Å². The van der Waals surface area contributed by atoms with Crippen molar-refractivity contribution in [1.29, 1.82) is 0 Å². The molecule has 1 heterocycles. The lowest BCUT2D eigenvalue weighted by molar-refractivity contribution is -0.141. The summed E-state index contributed by atoms with van der Waals surface area (Å²) >= 11 is 11.7. The third kappa shape index (κ3) is 5.71. The number of pyridine rings is 1. The number of benzene rings is 1. The van der Waals surface area contributed by atoms with Crippen molar-refractivity contribution in [3.63, 3.8) is 0 Å². The van der Waals surface area contributed by atoms with Crippen molar-refractivity contribution in [2.75, 3.05) is 25.6 Å². The van der Waals surface area contributed by atoms with Crippen LogP contribution in [0.5, 0.6) is 5.75 Å². The van der Waals surface area contributed by atoms with Crippen molar-refractivity contribution in [3.8, 4) is 5.75 Å². The van der Waals surface area contributed by atoms with Crippen molar-refractivity contribution < 1.29 is 32.5 Å². The number of hydrogen-bond acceptors (Lipinski definition) is 5. The van der Waals surface area contributed by atoms with E-state index in [9.17, 15) is 23.1 Å². The first-order chi connectivity index (χ1) is 13.1. The summed E-state index contributed by atoms with van der Waals surface area (Å²) in [5.41, 5.74) is -1.30. The van der Waals surface area contributed by atoms with Crippen LogP contribution in [0.2, 0.25) is 10.2 Å². The lowest BCUT2D eigenvalue weighted by Gasteiger charge is -2.13. The molecule has 2 N–H and O–H groups in total. The normalized spacial score (nSPS) is 11.5. The standard InChI is InChI=1S/C17H15Cl2F3N2O4/c1-27-4-5-28-8-9-6-10(18)7-11(14(9)25)16(26)23-12-2-3-13(17(20,21)22)24-15(12)19/h2-3,6-7,25H,4-5,8H2,1H3,(H,23,26). The Morgan fingerprint density at radius 1 is 1.25 bits per heavy atom. The molecule has 0 radical (unpaired) electrons. The van der Waals surface area contributed by atoms with Crippen LogP contribution in [0.4, 0.5) is 18.9 Å². The quantitative estimate of drug-likeness (QED) is 0.490. The fraction of sp³-hybridized carbons (Fsp3) is 0.294. The summed E-state index contributed by atoms with van der Waals surface area (Å²) in [4.78, 5) is 15.7. The summed E-state index contributed by atoms with van der Waals surface area (Å²) in [5, 5.41) is 12.2. The van der Waals surface area contributed by atoms with Gasteiger partial charge in [0.1, 0.15) is 11.4 Å². The van der Waals surface area contributed by atoms with Gasteiger partial charge in [-0.3, -0.25) is 4.79 Å². The Bertz CT molecular complexity index is 863. The number of phenols is 1. The molecule has 1 aromatic heterocycles. The van der Waals surface area contributed by atoms with Crippen LogP contribution < -0.4 is 5.32 Å². The van der Waals surface area contributed by atoms with E-state index in [-0.39, 0.29) is 40.8 Å². The van der Waals surface area contributed by atoms with E-state index in [0.717, 1.165) is 6.07 Å². The summed E-state index contributed by atoms with van der Waals surface area (Å²) in [6, 6.07) is 4.27. The summed E-state index contributed by atoms with van der Waals surface area (Å²) in [6.07, 6.45) is -4.67. The molecule has 2 rings (SSSR count). The number of alkyl halides is 3. The third-order valence-corrected chi connectivity index (χ3v) is 3.98. The average molecular weight is 439 g/mol. The Morgan fingerprint density at radius 3 is 2.57 bits per heavy atom. The first-order valence-corrected chi connectivity index (χ1v) is 8.52. The number of carbonyl (C=O) groups is 1. The molecule has 152 valence electrons. The number of anilines is 1. The van der Waals surface area contributed by atoms with Crippen LogP contribution in [0.1, 0.15) is 21.6 Å². The number of hydrogen-bond donors (Lipinski definition) is 2. The molecule has 28 heavy (non-hydrogen) atoms. The number of nitrogens with one attached hydrogen (secondary N) is 1. The van der Waals surface area contributed by atoms with Gasteiger partial charge in [-0.1, -0.05) is 23.2 Å². The van der Waals surface area contributed by atoms with E-state index in [0.29, 0.717) is 12.7 Å². The number of ether oxygens (including phenoxy) is 2. The monoisotopic (exact) mass is 438 g/mol. The zero-order valence-electron chi connectivity index (χ0n) is 14.4. The number of nitrogens with zero attached hydrogens (tertiary/aromatic N) is 1. The summed E-state index contributed by atoms with van der Waals surface area (Å²) in [7, 11) is 1.50. The van der Waals surface area contributed by atoms with Gasteiger partial charge >= 0.3 is 6.18 Å². The maximum atomic E-state index is 12.6.